The first-order valence-electron chi connectivity index (χ1n) is 5.64. The van der Waals surface area contributed by atoms with Gasteiger partial charge >= 0.3 is 5.97 Å². The van der Waals surface area contributed by atoms with Gasteiger partial charge in [0.1, 0.15) is 6.54 Å². The smallest absolute Gasteiger partial charge is 0.325 e. The lowest BCUT2D eigenvalue weighted by molar-refractivity contribution is -0.137. The van der Waals surface area contributed by atoms with Gasteiger partial charge in [0.2, 0.25) is 0 Å². The normalized spacial score (nSPS) is 17.7. The summed E-state index contributed by atoms with van der Waals surface area (Å²) in [5.41, 5.74) is 1.04. The maximum Gasteiger partial charge on any atom is 0.325 e. The Morgan fingerprint density at radius 3 is 2.88 bits per heavy atom. The number of carboxylic acid groups (broad SMARTS) is 1. The molecule has 2 heterocycles. The van der Waals surface area contributed by atoms with Gasteiger partial charge in [0.25, 0.3) is 0 Å². The van der Waals surface area contributed by atoms with Gasteiger partial charge in [-0.2, -0.15) is 5.10 Å². The van der Waals surface area contributed by atoms with Gasteiger partial charge in [-0.1, -0.05) is 6.92 Å². The predicted octanol–water partition coefficient (Wildman–Crippen LogP) is 1.20. The molecule has 0 bridgehead atoms. The molecule has 0 aliphatic carbocycles. The quantitative estimate of drug-likeness (QED) is 0.836. The summed E-state index contributed by atoms with van der Waals surface area (Å²) < 4.78 is 1.47. The van der Waals surface area contributed by atoms with Crippen LogP contribution in [0.4, 0.5) is 5.69 Å². The highest BCUT2D eigenvalue weighted by molar-refractivity contribution is 5.66. The Kier molecular flexibility index (Phi) is 3.12. The fourth-order valence-corrected chi connectivity index (χ4v) is 2.01. The number of aliphatic carboxylic acids is 1. The molecule has 1 aromatic heterocycles. The minimum Gasteiger partial charge on any atom is -0.480 e. The van der Waals surface area contributed by atoms with E-state index in [1.165, 1.54) is 17.5 Å². The van der Waals surface area contributed by atoms with Crippen LogP contribution in [0, 0.1) is 5.92 Å². The van der Waals surface area contributed by atoms with Crippen molar-refractivity contribution in [3.05, 3.63) is 12.4 Å². The molecule has 1 N–H and O–H groups in total. The van der Waals surface area contributed by atoms with Gasteiger partial charge in [-0.05, 0) is 18.8 Å². The molecule has 0 unspecified atom stereocenters. The minimum absolute atomic E-state index is 0.0652. The van der Waals surface area contributed by atoms with Gasteiger partial charge < -0.3 is 10.0 Å². The molecule has 1 saturated heterocycles. The molecule has 1 aliphatic rings. The largest absolute Gasteiger partial charge is 0.480 e. The van der Waals surface area contributed by atoms with Crippen molar-refractivity contribution in [2.24, 2.45) is 5.92 Å². The van der Waals surface area contributed by atoms with Crippen LogP contribution in [0.15, 0.2) is 12.4 Å². The number of anilines is 1. The molecule has 1 fully saturated rings. The van der Waals surface area contributed by atoms with Crippen molar-refractivity contribution in [3.8, 4) is 0 Å². The zero-order chi connectivity index (χ0) is 11.5. The van der Waals surface area contributed by atoms with Gasteiger partial charge in [-0.3, -0.25) is 9.48 Å². The van der Waals surface area contributed by atoms with Crippen LogP contribution in [-0.2, 0) is 11.3 Å². The molecule has 1 aliphatic heterocycles. The van der Waals surface area contributed by atoms with E-state index < -0.39 is 5.97 Å². The van der Waals surface area contributed by atoms with Crippen molar-refractivity contribution in [3.63, 3.8) is 0 Å². The molecule has 0 amide bonds. The van der Waals surface area contributed by atoms with Crippen molar-refractivity contribution < 1.29 is 9.90 Å². The topological polar surface area (TPSA) is 58.4 Å². The van der Waals surface area contributed by atoms with Crippen LogP contribution >= 0.6 is 0 Å². The second-order valence-corrected chi connectivity index (χ2v) is 4.46. The number of rotatable bonds is 3. The van der Waals surface area contributed by atoms with Crippen LogP contribution in [-0.4, -0.2) is 33.9 Å². The molecule has 16 heavy (non-hydrogen) atoms. The SMILES string of the molecule is CC1CCN(c2cnn(CC(=O)O)c2)CC1. The molecule has 0 aromatic carbocycles. The minimum atomic E-state index is -0.859. The average molecular weight is 223 g/mol. The standard InChI is InChI=1S/C11H17N3O2/c1-9-2-4-13(5-3-9)10-6-12-14(7-10)8-11(15)16/h6-7,9H,2-5,8H2,1H3,(H,15,16). The van der Waals surface area contributed by atoms with E-state index in [9.17, 15) is 4.79 Å². The fraction of sp³-hybridized carbons (Fsp3) is 0.636. The highest BCUT2D eigenvalue weighted by Gasteiger charge is 2.17. The molecule has 0 radical (unpaired) electrons. The summed E-state index contributed by atoms with van der Waals surface area (Å²) in [6, 6.07) is 0. The van der Waals surface area contributed by atoms with Crippen LogP contribution in [0.25, 0.3) is 0 Å². The third kappa shape index (κ3) is 2.53. The predicted molar refractivity (Wildman–Crippen MR) is 60.5 cm³/mol. The summed E-state index contributed by atoms with van der Waals surface area (Å²) in [5, 5.41) is 12.7. The second kappa shape index (κ2) is 4.55. The third-order valence-electron chi connectivity index (χ3n) is 3.07. The summed E-state index contributed by atoms with van der Waals surface area (Å²) in [7, 11) is 0. The molecule has 0 saturated carbocycles. The molecular formula is C11H17N3O2. The Morgan fingerprint density at radius 2 is 2.25 bits per heavy atom. The Bertz CT molecular complexity index is 367. The van der Waals surface area contributed by atoms with Crippen molar-refractivity contribution >= 4 is 11.7 Å². The molecule has 1 aromatic rings. The number of carbonyl (C=O) groups is 1. The number of hydrogen-bond acceptors (Lipinski definition) is 3. The van der Waals surface area contributed by atoms with E-state index >= 15 is 0 Å². The van der Waals surface area contributed by atoms with Crippen LogP contribution in [0.5, 0.6) is 0 Å². The van der Waals surface area contributed by atoms with Crippen molar-refractivity contribution in [2.75, 3.05) is 18.0 Å². The molecule has 2 rings (SSSR count). The van der Waals surface area contributed by atoms with Gasteiger partial charge in [-0.15, -0.1) is 0 Å². The zero-order valence-corrected chi connectivity index (χ0v) is 9.46. The van der Waals surface area contributed by atoms with Gasteiger partial charge in [-0.25, -0.2) is 0 Å². The molecule has 0 spiro atoms. The van der Waals surface area contributed by atoms with E-state index in [2.05, 4.69) is 16.9 Å². The van der Waals surface area contributed by atoms with Gasteiger partial charge in [0, 0.05) is 19.3 Å². The Hall–Kier alpha value is -1.52. The van der Waals surface area contributed by atoms with E-state index in [4.69, 9.17) is 5.11 Å². The molecule has 5 nitrogen and oxygen atoms in total. The van der Waals surface area contributed by atoms with Gasteiger partial charge in [0.05, 0.1) is 11.9 Å². The van der Waals surface area contributed by atoms with E-state index in [-0.39, 0.29) is 6.54 Å². The first-order valence-corrected chi connectivity index (χ1v) is 5.64. The Balaban J connectivity index is 1.99. The maximum absolute atomic E-state index is 10.5. The number of nitrogens with zero attached hydrogens (tertiary/aromatic N) is 3. The fourth-order valence-electron chi connectivity index (χ4n) is 2.01. The maximum atomic E-state index is 10.5. The van der Waals surface area contributed by atoms with Gasteiger partial charge in [0.15, 0.2) is 0 Å². The average Bonchev–Trinajstić information content (AvgIpc) is 2.66. The van der Waals surface area contributed by atoms with E-state index in [0.29, 0.717) is 0 Å². The summed E-state index contributed by atoms with van der Waals surface area (Å²) >= 11 is 0. The summed E-state index contributed by atoms with van der Waals surface area (Å²) in [6.07, 6.45) is 5.96. The van der Waals surface area contributed by atoms with Crippen LogP contribution in [0.2, 0.25) is 0 Å². The van der Waals surface area contributed by atoms with Crippen molar-refractivity contribution in [1.82, 2.24) is 9.78 Å². The molecule has 5 heteroatoms. The number of carboxylic acids is 1. The lowest BCUT2D eigenvalue weighted by Crippen LogP contribution is -2.32. The number of hydrogen-bond donors (Lipinski definition) is 1. The lowest BCUT2D eigenvalue weighted by Gasteiger charge is -2.30. The van der Waals surface area contributed by atoms with Crippen LogP contribution in [0.3, 0.4) is 0 Å². The molecule has 0 atom stereocenters. The molecule has 88 valence electrons. The van der Waals surface area contributed by atoms with Crippen LogP contribution < -0.4 is 4.90 Å². The summed E-state index contributed by atoms with van der Waals surface area (Å²) in [5.74, 6) is -0.0627. The van der Waals surface area contributed by atoms with Crippen LogP contribution in [0.1, 0.15) is 19.8 Å². The van der Waals surface area contributed by atoms with E-state index in [0.717, 1.165) is 24.7 Å². The highest BCUT2D eigenvalue weighted by atomic mass is 16.4. The Labute approximate surface area is 94.7 Å². The Morgan fingerprint density at radius 1 is 1.56 bits per heavy atom. The molecular weight excluding hydrogens is 206 g/mol. The van der Waals surface area contributed by atoms with Crippen molar-refractivity contribution in [2.45, 2.75) is 26.3 Å². The third-order valence-corrected chi connectivity index (χ3v) is 3.07. The zero-order valence-electron chi connectivity index (χ0n) is 9.46. The summed E-state index contributed by atoms with van der Waals surface area (Å²) in [6.45, 7) is 4.29. The second-order valence-electron chi connectivity index (χ2n) is 4.46. The summed E-state index contributed by atoms with van der Waals surface area (Å²) in [4.78, 5) is 12.8. The monoisotopic (exact) mass is 223 g/mol. The van der Waals surface area contributed by atoms with Crippen molar-refractivity contribution in [1.29, 1.82) is 0 Å². The first kappa shape index (κ1) is 11.0. The van der Waals surface area contributed by atoms with E-state index in [1.807, 2.05) is 6.20 Å². The highest BCUT2D eigenvalue weighted by Crippen LogP contribution is 2.22. The van der Waals surface area contributed by atoms with E-state index in [1.54, 1.807) is 6.20 Å². The number of aromatic nitrogens is 2. The first-order chi connectivity index (χ1) is 7.65. The number of piperidine rings is 1. The lowest BCUT2D eigenvalue weighted by atomic mass is 9.99.